The number of carboxylic acids is 1. The van der Waals surface area contributed by atoms with E-state index in [0.29, 0.717) is 6.61 Å². The van der Waals surface area contributed by atoms with E-state index in [4.69, 9.17) is 9.84 Å². The molecule has 0 amide bonds. The fraction of sp³-hybridized carbons (Fsp3) is 0.562. The molecule has 0 heterocycles. The maximum Gasteiger partial charge on any atom is 0.303 e. The summed E-state index contributed by atoms with van der Waals surface area (Å²) in [5.41, 5.74) is 0.726. The average Bonchev–Trinajstić information content (AvgIpc) is 2.45. The lowest BCUT2D eigenvalue weighted by Crippen LogP contribution is -2.03. The number of aliphatic hydroxyl groups is 1. The second kappa shape index (κ2) is 9.37. The first-order chi connectivity index (χ1) is 9.63. The van der Waals surface area contributed by atoms with Gasteiger partial charge in [-0.25, -0.2) is 0 Å². The number of carbonyl (C=O) groups is 1. The highest BCUT2D eigenvalue weighted by Gasteiger charge is 2.09. The molecule has 0 unspecified atom stereocenters. The van der Waals surface area contributed by atoms with Gasteiger partial charge in [-0.2, -0.15) is 0 Å². The molecule has 0 aliphatic rings. The minimum Gasteiger partial charge on any atom is -0.494 e. The summed E-state index contributed by atoms with van der Waals surface area (Å²) in [4.78, 5) is 10.5. The fourth-order valence-corrected chi connectivity index (χ4v) is 1.93. The number of aliphatic hydroxyl groups excluding tert-OH is 1. The SMILES string of the molecule is CCCCCCOc1ccc([C@H](O)CCC(=O)O)cc1. The molecule has 4 nitrogen and oxygen atoms in total. The molecule has 0 aromatic heterocycles. The van der Waals surface area contributed by atoms with Crippen LogP contribution < -0.4 is 4.74 Å². The van der Waals surface area contributed by atoms with Gasteiger partial charge in [0.25, 0.3) is 0 Å². The Kier molecular flexibility index (Phi) is 7.73. The molecule has 1 aromatic carbocycles. The smallest absolute Gasteiger partial charge is 0.303 e. The normalized spacial score (nSPS) is 12.1. The van der Waals surface area contributed by atoms with Gasteiger partial charge in [0, 0.05) is 6.42 Å². The number of hydrogen-bond acceptors (Lipinski definition) is 3. The van der Waals surface area contributed by atoms with E-state index in [-0.39, 0.29) is 12.8 Å². The Balaban J connectivity index is 2.33. The van der Waals surface area contributed by atoms with Crippen molar-refractivity contribution < 1.29 is 19.7 Å². The van der Waals surface area contributed by atoms with Crippen molar-refractivity contribution in [2.24, 2.45) is 0 Å². The van der Waals surface area contributed by atoms with Crippen LogP contribution in [0.1, 0.15) is 57.1 Å². The Morgan fingerprint density at radius 2 is 1.90 bits per heavy atom. The van der Waals surface area contributed by atoms with Gasteiger partial charge in [-0.1, -0.05) is 38.3 Å². The second-order valence-corrected chi connectivity index (χ2v) is 4.93. The zero-order valence-electron chi connectivity index (χ0n) is 12.0. The van der Waals surface area contributed by atoms with Crippen LogP contribution in [0.25, 0.3) is 0 Å². The molecule has 0 aliphatic carbocycles. The summed E-state index contributed by atoms with van der Waals surface area (Å²) in [6.45, 7) is 2.89. The van der Waals surface area contributed by atoms with Crippen LogP contribution in [0.3, 0.4) is 0 Å². The minimum absolute atomic E-state index is 0.0309. The standard InChI is InChI=1S/C16H24O4/c1-2-3-4-5-12-20-14-8-6-13(7-9-14)15(17)10-11-16(18)19/h6-9,15,17H,2-5,10-12H2,1H3,(H,18,19)/t15-/m1/s1. The Labute approximate surface area is 120 Å². The molecule has 0 bridgehead atoms. The monoisotopic (exact) mass is 280 g/mol. The summed E-state index contributed by atoms with van der Waals surface area (Å²) in [5, 5.41) is 18.4. The molecular formula is C16H24O4. The van der Waals surface area contributed by atoms with Gasteiger partial charge >= 0.3 is 5.97 Å². The molecule has 112 valence electrons. The summed E-state index contributed by atoms with van der Waals surface area (Å²) in [6.07, 6.45) is 4.15. The number of hydrogen-bond donors (Lipinski definition) is 2. The fourth-order valence-electron chi connectivity index (χ4n) is 1.93. The third-order valence-corrected chi connectivity index (χ3v) is 3.16. The van der Waals surface area contributed by atoms with Crippen molar-refractivity contribution in [3.63, 3.8) is 0 Å². The van der Waals surface area contributed by atoms with Crippen LogP contribution in [0.2, 0.25) is 0 Å². The summed E-state index contributed by atoms with van der Waals surface area (Å²) >= 11 is 0. The van der Waals surface area contributed by atoms with Crippen molar-refractivity contribution in [2.45, 2.75) is 51.6 Å². The maximum atomic E-state index is 10.5. The van der Waals surface area contributed by atoms with Crippen molar-refractivity contribution in [3.05, 3.63) is 29.8 Å². The van der Waals surface area contributed by atoms with E-state index in [2.05, 4.69) is 6.92 Å². The number of rotatable bonds is 10. The Morgan fingerprint density at radius 3 is 2.50 bits per heavy atom. The van der Waals surface area contributed by atoms with Crippen molar-refractivity contribution in [1.82, 2.24) is 0 Å². The van der Waals surface area contributed by atoms with E-state index in [1.165, 1.54) is 19.3 Å². The zero-order chi connectivity index (χ0) is 14.8. The van der Waals surface area contributed by atoms with E-state index in [1.54, 1.807) is 12.1 Å². The van der Waals surface area contributed by atoms with Crippen molar-refractivity contribution in [2.75, 3.05) is 6.61 Å². The summed E-state index contributed by atoms with van der Waals surface area (Å²) < 4.78 is 5.61. The van der Waals surface area contributed by atoms with E-state index < -0.39 is 12.1 Å². The maximum absolute atomic E-state index is 10.5. The van der Waals surface area contributed by atoms with Crippen LogP contribution in [0.4, 0.5) is 0 Å². The van der Waals surface area contributed by atoms with Crippen molar-refractivity contribution in [3.8, 4) is 5.75 Å². The van der Waals surface area contributed by atoms with Crippen molar-refractivity contribution in [1.29, 1.82) is 0 Å². The number of ether oxygens (including phenoxy) is 1. The van der Waals surface area contributed by atoms with Gasteiger partial charge in [0.1, 0.15) is 5.75 Å². The molecule has 20 heavy (non-hydrogen) atoms. The molecule has 0 aliphatic heterocycles. The van der Waals surface area contributed by atoms with Crippen LogP contribution >= 0.6 is 0 Å². The van der Waals surface area contributed by atoms with Crippen LogP contribution in [0, 0.1) is 0 Å². The molecule has 0 spiro atoms. The van der Waals surface area contributed by atoms with Gasteiger partial charge in [0.15, 0.2) is 0 Å². The lowest BCUT2D eigenvalue weighted by molar-refractivity contribution is -0.137. The largest absolute Gasteiger partial charge is 0.494 e. The topological polar surface area (TPSA) is 66.8 Å². The number of aliphatic carboxylic acids is 1. The highest BCUT2D eigenvalue weighted by molar-refractivity contribution is 5.66. The van der Waals surface area contributed by atoms with Crippen LogP contribution in [-0.4, -0.2) is 22.8 Å². The van der Waals surface area contributed by atoms with E-state index in [0.717, 1.165) is 17.7 Å². The highest BCUT2D eigenvalue weighted by atomic mass is 16.5. The molecule has 4 heteroatoms. The zero-order valence-corrected chi connectivity index (χ0v) is 12.0. The molecule has 0 saturated carbocycles. The van der Waals surface area contributed by atoms with Gasteiger partial charge < -0.3 is 14.9 Å². The highest BCUT2D eigenvalue weighted by Crippen LogP contribution is 2.21. The quantitative estimate of drug-likeness (QED) is 0.643. The van der Waals surface area contributed by atoms with Crippen molar-refractivity contribution >= 4 is 5.97 Å². The van der Waals surface area contributed by atoms with E-state index in [1.807, 2.05) is 12.1 Å². The molecule has 1 aromatic rings. The second-order valence-electron chi connectivity index (χ2n) is 4.93. The predicted molar refractivity (Wildman–Crippen MR) is 77.9 cm³/mol. The van der Waals surface area contributed by atoms with Gasteiger partial charge in [-0.3, -0.25) is 4.79 Å². The van der Waals surface area contributed by atoms with Gasteiger partial charge in [-0.15, -0.1) is 0 Å². The molecule has 2 N–H and O–H groups in total. The Bertz CT molecular complexity index is 386. The van der Waals surface area contributed by atoms with Gasteiger partial charge in [0.05, 0.1) is 12.7 Å². The molecule has 1 rings (SSSR count). The van der Waals surface area contributed by atoms with Gasteiger partial charge in [0.2, 0.25) is 0 Å². The molecule has 1 atom stereocenters. The number of unbranched alkanes of at least 4 members (excludes halogenated alkanes) is 3. The van der Waals surface area contributed by atoms with E-state index >= 15 is 0 Å². The molecular weight excluding hydrogens is 256 g/mol. The van der Waals surface area contributed by atoms with Crippen LogP contribution in [0.5, 0.6) is 5.75 Å². The first kappa shape index (κ1) is 16.5. The Hall–Kier alpha value is -1.55. The van der Waals surface area contributed by atoms with Gasteiger partial charge in [-0.05, 0) is 30.5 Å². The summed E-state index contributed by atoms with van der Waals surface area (Å²) in [6, 6.07) is 7.21. The first-order valence-electron chi connectivity index (χ1n) is 7.26. The third kappa shape index (κ3) is 6.57. The minimum atomic E-state index is -0.893. The van der Waals surface area contributed by atoms with Crippen LogP contribution in [0.15, 0.2) is 24.3 Å². The third-order valence-electron chi connectivity index (χ3n) is 3.16. The molecule has 0 saturated heterocycles. The summed E-state index contributed by atoms with van der Waals surface area (Å²) in [7, 11) is 0. The number of carboxylic acid groups (broad SMARTS) is 1. The molecule has 0 radical (unpaired) electrons. The average molecular weight is 280 g/mol. The first-order valence-corrected chi connectivity index (χ1v) is 7.26. The molecule has 0 fully saturated rings. The number of benzene rings is 1. The predicted octanol–water partition coefficient (Wildman–Crippen LogP) is 3.54. The van der Waals surface area contributed by atoms with E-state index in [9.17, 15) is 9.90 Å². The van der Waals surface area contributed by atoms with Crippen LogP contribution in [-0.2, 0) is 4.79 Å². The lowest BCUT2D eigenvalue weighted by Gasteiger charge is -2.11. The summed E-state index contributed by atoms with van der Waals surface area (Å²) in [5.74, 6) is -0.105. The lowest BCUT2D eigenvalue weighted by atomic mass is 10.1. The Morgan fingerprint density at radius 1 is 1.20 bits per heavy atom.